The molecule has 0 unspecified atom stereocenters. The highest BCUT2D eigenvalue weighted by Gasteiger charge is 2.36. The van der Waals surface area contributed by atoms with Gasteiger partial charge in [0.05, 0.1) is 6.61 Å². The maximum Gasteiger partial charge on any atom is 0.306 e. The zero-order valence-electron chi connectivity index (χ0n) is 26.2. The van der Waals surface area contributed by atoms with Gasteiger partial charge in [0.2, 0.25) is 5.91 Å². The fraction of sp³-hybridized carbons (Fsp3) is 0.412. The molecule has 1 aliphatic rings. The Balaban J connectivity index is 1.50. The van der Waals surface area contributed by atoms with Crippen LogP contribution in [0.5, 0.6) is 5.75 Å². The number of ether oxygens (including phenoxy) is 2. The van der Waals surface area contributed by atoms with E-state index in [0.29, 0.717) is 35.8 Å². The molecule has 0 radical (unpaired) electrons. The standard InChI is InChI=1S/C34H43FN2O7S/c1-5-43-32(39)11-8-26-7-9-27(19-30(26)35)36-20-25-6-10-31(37-24(4)38)29(18-25)33-22(2)16-28(17-23(33)3)44-21-34(40)12-14-45(41,42)15-13-34/h6-7,9-10,16-19,36,40-42H,5,8,11-15,20-21H2,1-4H3,(H,37,38). The quantitative estimate of drug-likeness (QED) is 0.136. The summed E-state index contributed by atoms with van der Waals surface area (Å²) in [6.07, 6.45) is 0.903. The highest BCUT2D eigenvalue weighted by atomic mass is 32.3. The van der Waals surface area contributed by atoms with Crippen LogP contribution in [0.3, 0.4) is 0 Å². The van der Waals surface area contributed by atoms with E-state index in [2.05, 4.69) is 10.6 Å². The first-order valence-corrected chi connectivity index (χ1v) is 16.9. The van der Waals surface area contributed by atoms with Crippen LogP contribution in [-0.4, -0.2) is 56.4 Å². The molecule has 11 heteroatoms. The Morgan fingerprint density at radius 2 is 1.71 bits per heavy atom. The maximum absolute atomic E-state index is 14.7. The first-order valence-electron chi connectivity index (χ1n) is 15.1. The summed E-state index contributed by atoms with van der Waals surface area (Å²) in [6, 6.07) is 14.4. The van der Waals surface area contributed by atoms with Crippen LogP contribution in [0.2, 0.25) is 0 Å². The summed E-state index contributed by atoms with van der Waals surface area (Å²) in [5.74, 6) is -0.0336. The summed E-state index contributed by atoms with van der Waals surface area (Å²) in [5, 5.41) is 17.1. The summed E-state index contributed by atoms with van der Waals surface area (Å²) in [4.78, 5) is 23.7. The Morgan fingerprint density at radius 1 is 1.02 bits per heavy atom. The van der Waals surface area contributed by atoms with Crippen molar-refractivity contribution in [3.8, 4) is 16.9 Å². The SMILES string of the molecule is CCOC(=O)CCc1ccc(NCc2ccc(NC(C)=O)c(-c3c(C)cc(OCC4(O)CCS(O)(O)CC4)cc3C)c2)cc1F. The van der Waals surface area contributed by atoms with Gasteiger partial charge in [-0.1, -0.05) is 12.1 Å². The zero-order valence-corrected chi connectivity index (χ0v) is 27.1. The molecular weight excluding hydrogens is 599 g/mol. The van der Waals surface area contributed by atoms with Crippen LogP contribution in [0.1, 0.15) is 55.4 Å². The summed E-state index contributed by atoms with van der Waals surface area (Å²) in [7, 11) is -2.61. The number of anilines is 2. The Bertz CT molecular complexity index is 1510. The molecule has 3 aromatic rings. The van der Waals surface area contributed by atoms with Crippen LogP contribution in [0.4, 0.5) is 15.8 Å². The van der Waals surface area contributed by atoms with E-state index in [1.807, 2.05) is 44.2 Å². The number of esters is 1. The molecule has 0 aromatic heterocycles. The molecule has 1 saturated heterocycles. The number of rotatable bonds is 12. The van der Waals surface area contributed by atoms with Gasteiger partial charge in [0.15, 0.2) is 0 Å². The Labute approximate surface area is 265 Å². The van der Waals surface area contributed by atoms with Gasteiger partial charge in [-0.05, 0) is 104 Å². The van der Waals surface area contributed by atoms with Crippen molar-refractivity contribution in [2.24, 2.45) is 0 Å². The smallest absolute Gasteiger partial charge is 0.306 e. The minimum atomic E-state index is -2.61. The second-order valence-corrected chi connectivity index (χ2v) is 14.1. The Morgan fingerprint density at radius 3 is 2.33 bits per heavy atom. The summed E-state index contributed by atoms with van der Waals surface area (Å²) in [5.41, 5.74) is 5.05. The van der Waals surface area contributed by atoms with Crippen LogP contribution in [-0.2, 0) is 27.3 Å². The zero-order chi connectivity index (χ0) is 32.8. The van der Waals surface area contributed by atoms with Crippen molar-refractivity contribution in [2.45, 2.75) is 65.5 Å². The predicted octanol–water partition coefficient (Wildman–Crippen LogP) is 6.83. The van der Waals surface area contributed by atoms with Gasteiger partial charge in [-0.3, -0.25) is 18.7 Å². The summed E-state index contributed by atoms with van der Waals surface area (Å²) >= 11 is 0. The molecule has 1 aliphatic heterocycles. The molecule has 0 spiro atoms. The molecule has 4 rings (SSSR count). The minimum Gasteiger partial charge on any atom is -0.491 e. The first-order chi connectivity index (χ1) is 21.3. The van der Waals surface area contributed by atoms with E-state index in [4.69, 9.17) is 9.47 Å². The van der Waals surface area contributed by atoms with Gasteiger partial charge < -0.3 is 25.2 Å². The number of carbonyl (C=O) groups is 2. The summed E-state index contributed by atoms with van der Waals surface area (Å²) in [6.45, 7) is 7.84. The fourth-order valence-electron chi connectivity index (χ4n) is 5.47. The molecule has 0 atom stereocenters. The van der Waals surface area contributed by atoms with E-state index in [-0.39, 0.29) is 55.7 Å². The predicted molar refractivity (Wildman–Crippen MR) is 177 cm³/mol. The molecule has 45 heavy (non-hydrogen) atoms. The topological polar surface area (TPSA) is 137 Å². The minimum absolute atomic E-state index is 0.0476. The van der Waals surface area contributed by atoms with E-state index >= 15 is 0 Å². The second kappa shape index (κ2) is 14.6. The number of amides is 1. The van der Waals surface area contributed by atoms with E-state index < -0.39 is 22.0 Å². The number of benzene rings is 3. The van der Waals surface area contributed by atoms with Crippen molar-refractivity contribution in [2.75, 3.05) is 35.4 Å². The average molecular weight is 643 g/mol. The van der Waals surface area contributed by atoms with Crippen LogP contribution in [0, 0.1) is 19.7 Å². The van der Waals surface area contributed by atoms with Crippen molar-refractivity contribution in [1.29, 1.82) is 0 Å². The molecule has 3 aromatic carbocycles. The number of halogens is 1. The molecule has 0 saturated carbocycles. The molecule has 9 nitrogen and oxygen atoms in total. The number of hydrogen-bond donors (Lipinski definition) is 5. The van der Waals surface area contributed by atoms with Gasteiger partial charge in [0.1, 0.15) is 23.8 Å². The molecule has 1 fully saturated rings. The average Bonchev–Trinajstić information content (AvgIpc) is 2.97. The summed E-state index contributed by atoms with van der Waals surface area (Å²) < 4.78 is 45.4. The molecule has 1 heterocycles. The van der Waals surface area contributed by atoms with E-state index in [1.54, 1.807) is 19.1 Å². The number of aryl methyl sites for hydroxylation is 3. The van der Waals surface area contributed by atoms with Crippen molar-refractivity contribution in [3.63, 3.8) is 0 Å². The normalized spacial score (nSPS) is 16.0. The maximum atomic E-state index is 14.7. The van der Waals surface area contributed by atoms with Crippen LogP contribution in [0.15, 0.2) is 48.5 Å². The third-order valence-corrected chi connectivity index (χ3v) is 9.64. The third-order valence-electron chi connectivity index (χ3n) is 7.92. The van der Waals surface area contributed by atoms with Crippen LogP contribution >= 0.6 is 10.6 Å². The lowest BCUT2D eigenvalue weighted by molar-refractivity contribution is -0.143. The highest BCUT2D eigenvalue weighted by Crippen LogP contribution is 2.47. The second-order valence-electron chi connectivity index (χ2n) is 11.7. The van der Waals surface area contributed by atoms with Gasteiger partial charge in [0.25, 0.3) is 0 Å². The molecular formula is C34H43FN2O7S. The number of hydrogen-bond acceptors (Lipinski definition) is 8. The number of aliphatic hydroxyl groups is 1. The molecule has 244 valence electrons. The number of nitrogens with one attached hydrogen (secondary N) is 2. The fourth-order valence-corrected chi connectivity index (χ4v) is 7.09. The van der Waals surface area contributed by atoms with Crippen molar-refractivity contribution >= 4 is 33.8 Å². The highest BCUT2D eigenvalue weighted by molar-refractivity contribution is 8.24. The Hall–Kier alpha value is -3.64. The molecule has 0 aliphatic carbocycles. The van der Waals surface area contributed by atoms with Gasteiger partial charge in [0, 0.05) is 48.3 Å². The molecule has 1 amide bonds. The van der Waals surface area contributed by atoms with Gasteiger partial charge in [-0.2, -0.15) is 10.6 Å². The van der Waals surface area contributed by atoms with Gasteiger partial charge >= 0.3 is 5.97 Å². The van der Waals surface area contributed by atoms with Gasteiger partial charge in [-0.15, -0.1) is 0 Å². The van der Waals surface area contributed by atoms with E-state index in [0.717, 1.165) is 27.8 Å². The van der Waals surface area contributed by atoms with Crippen LogP contribution in [0.25, 0.3) is 11.1 Å². The molecule has 0 bridgehead atoms. The van der Waals surface area contributed by atoms with Gasteiger partial charge in [-0.25, -0.2) is 4.39 Å². The first kappa shape index (κ1) is 34.2. The van der Waals surface area contributed by atoms with Crippen molar-refractivity contribution in [3.05, 3.63) is 76.6 Å². The van der Waals surface area contributed by atoms with E-state index in [1.165, 1.54) is 13.0 Å². The van der Waals surface area contributed by atoms with Crippen LogP contribution < -0.4 is 15.4 Å². The lowest BCUT2D eigenvalue weighted by atomic mass is 9.92. The van der Waals surface area contributed by atoms with Crippen molar-refractivity contribution in [1.82, 2.24) is 0 Å². The molecule has 5 N–H and O–H groups in total. The lowest BCUT2D eigenvalue weighted by Gasteiger charge is -2.43. The number of carbonyl (C=O) groups excluding carboxylic acids is 2. The monoisotopic (exact) mass is 642 g/mol. The van der Waals surface area contributed by atoms with Crippen molar-refractivity contribution < 1.29 is 37.7 Å². The van der Waals surface area contributed by atoms with E-state index in [9.17, 15) is 28.2 Å². The largest absolute Gasteiger partial charge is 0.491 e. The Kier molecular flexibility index (Phi) is 11.1. The lowest BCUT2D eigenvalue weighted by Crippen LogP contribution is -2.42. The third kappa shape index (κ3) is 9.43.